The molecule has 0 aliphatic carbocycles. The zero-order valence-electron chi connectivity index (χ0n) is 55.2. The number of allylic oxidation sites excluding steroid dienone is 22. The van der Waals surface area contributed by atoms with Gasteiger partial charge in [0.2, 0.25) is 0 Å². The van der Waals surface area contributed by atoms with Gasteiger partial charge in [-0.05, 0) is 109 Å². The predicted molar refractivity (Wildman–Crippen MR) is 364 cm³/mol. The van der Waals surface area contributed by atoms with Crippen LogP contribution in [-0.4, -0.2) is 87.4 Å². The zero-order valence-corrected chi connectivity index (χ0v) is 55.2. The van der Waals surface area contributed by atoms with Crippen molar-refractivity contribution in [3.8, 4) is 0 Å². The molecule has 9 heteroatoms. The molecule has 9 nitrogen and oxygen atoms in total. The molecule has 0 aliphatic rings. The first-order valence-corrected chi connectivity index (χ1v) is 34.3. The summed E-state index contributed by atoms with van der Waals surface area (Å²) in [7, 11) is 5.97. The van der Waals surface area contributed by atoms with E-state index in [9.17, 15) is 19.5 Å². The number of quaternary nitrogens is 1. The van der Waals surface area contributed by atoms with Crippen molar-refractivity contribution < 1.29 is 42.9 Å². The maximum absolute atomic E-state index is 12.9. The Morgan fingerprint density at radius 1 is 0.353 bits per heavy atom. The first-order valence-electron chi connectivity index (χ1n) is 34.3. The van der Waals surface area contributed by atoms with E-state index in [0.29, 0.717) is 17.4 Å². The third-order valence-corrected chi connectivity index (χ3v) is 14.4. The van der Waals surface area contributed by atoms with Gasteiger partial charge in [0, 0.05) is 12.8 Å². The molecule has 0 saturated heterocycles. The SMILES string of the molecule is CC/C=C\C/C=C\C/C=C\C/C=C\C/C=C\C/C=C\CCCCCCCCCCCCCCCCCCC(=O)OC(COC(=O)CCCCCCCCCCC/C=C\C/C=C\C/C=C\C/C=C\C/C=C\CC)COC(OCC[N+](C)(C)C)C(=O)O. The van der Waals surface area contributed by atoms with Crippen molar-refractivity contribution in [1.82, 2.24) is 0 Å². The van der Waals surface area contributed by atoms with Gasteiger partial charge in [-0.1, -0.05) is 282 Å². The molecule has 0 spiro atoms. The van der Waals surface area contributed by atoms with E-state index >= 15 is 0 Å². The number of nitrogens with zero attached hydrogens (tertiary/aromatic N) is 1. The molecule has 0 amide bonds. The van der Waals surface area contributed by atoms with E-state index < -0.39 is 24.3 Å². The van der Waals surface area contributed by atoms with Crippen LogP contribution in [0.3, 0.4) is 0 Å². The molecule has 484 valence electrons. The minimum atomic E-state index is -1.52. The molecule has 0 saturated carbocycles. The molecule has 85 heavy (non-hydrogen) atoms. The van der Waals surface area contributed by atoms with Crippen LogP contribution in [0.25, 0.3) is 0 Å². The number of aliphatic carboxylic acids is 1. The van der Waals surface area contributed by atoms with Gasteiger partial charge in [0.15, 0.2) is 6.10 Å². The van der Waals surface area contributed by atoms with E-state index in [2.05, 4.69) is 148 Å². The fourth-order valence-electron chi connectivity index (χ4n) is 9.22. The fraction of sp³-hybridized carbons (Fsp3) is 0.671. The molecular formula is C76H128NO8+. The average molecular weight is 1180 g/mol. The highest BCUT2D eigenvalue weighted by Crippen LogP contribution is 2.17. The lowest BCUT2D eigenvalue weighted by atomic mass is 10.0. The summed E-state index contributed by atoms with van der Waals surface area (Å²) in [4.78, 5) is 37.6. The molecule has 0 fully saturated rings. The molecule has 1 N–H and O–H groups in total. The van der Waals surface area contributed by atoms with Crippen LogP contribution in [0.1, 0.15) is 271 Å². The summed E-state index contributed by atoms with van der Waals surface area (Å²) >= 11 is 0. The molecule has 0 rings (SSSR count). The minimum absolute atomic E-state index is 0.181. The standard InChI is InChI=1S/C76H127NO8/c1-6-8-10-12-14-16-18-20-22-24-26-28-30-32-33-34-35-36-37-38-39-40-41-43-45-47-49-51-53-55-57-59-61-63-65-67-74(79)85-72(71-84-76(75(80)81)82-69-68-77(3,4)5)70-83-73(78)66-64-62-60-58-56-54-52-50-48-46-44-42-31-29-27-25-23-21-19-17-15-13-11-9-7-2/h8-11,14-17,20-23,26-29,32-33,35-36,42,44,72,76H,6-7,12-13,18-19,24-25,30-31,34,37-41,43,45-71H2,1-5H3/p+1/b10-8-,11-9-,16-14-,17-15-,22-20-,23-21-,28-26-,29-27-,33-32-,36-35-,44-42-. The maximum atomic E-state index is 12.9. The van der Waals surface area contributed by atoms with E-state index in [0.717, 1.165) is 116 Å². The first kappa shape index (κ1) is 80.4. The normalized spacial score (nSPS) is 13.6. The summed E-state index contributed by atoms with van der Waals surface area (Å²) in [6.07, 6.45) is 91.2. The Labute approximate surface area is 522 Å². The summed E-state index contributed by atoms with van der Waals surface area (Å²) in [6, 6.07) is 0. The van der Waals surface area contributed by atoms with E-state index in [-0.39, 0.29) is 38.6 Å². The number of likely N-dealkylation sites (N-methyl/N-ethyl adjacent to an activating group) is 1. The van der Waals surface area contributed by atoms with Crippen molar-refractivity contribution in [3.63, 3.8) is 0 Å². The minimum Gasteiger partial charge on any atom is -0.477 e. The van der Waals surface area contributed by atoms with Crippen LogP contribution < -0.4 is 0 Å². The van der Waals surface area contributed by atoms with E-state index in [1.807, 2.05) is 21.1 Å². The molecule has 0 heterocycles. The Morgan fingerprint density at radius 2 is 0.635 bits per heavy atom. The number of hydrogen-bond acceptors (Lipinski definition) is 7. The Balaban J connectivity index is 4.14. The van der Waals surface area contributed by atoms with Crippen LogP contribution >= 0.6 is 0 Å². The lowest BCUT2D eigenvalue weighted by Gasteiger charge is -2.25. The second kappa shape index (κ2) is 65.4. The molecule has 0 aromatic carbocycles. The molecule has 0 aromatic rings. The summed E-state index contributed by atoms with van der Waals surface area (Å²) in [5.74, 6) is -2.01. The number of ether oxygens (including phenoxy) is 4. The quantitative estimate of drug-likeness (QED) is 0.0211. The molecule has 0 aromatic heterocycles. The predicted octanol–water partition coefficient (Wildman–Crippen LogP) is 21.4. The van der Waals surface area contributed by atoms with Gasteiger partial charge in [-0.3, -0.25) is 9.59 Å². The van der Waals surface area contributed by atoms with Gasteiger partial charge in [0.05, 0.1) is 34.4 Å². The highest BCUT2D eigenvalue weighted by Gasteiger charge is 2.25. The van der Waals surface area contributed by atoms with Gasteiger partial charge in [0.1, 0.15) is 13.2 Å². The fourth-order valence-corrected chi connectivity index (χ4v) is 9.22. The number of carboxylic acids is 1. The van der Waals surface area contributed by atoms with Crippen molar-refractivity contribution in [2.75, 3.05) is 47.5 Å². The number of rotatable bonds is 62. The van der Waals surface area contributed by atoms with Crippen LogP contribution in [0.5, 0.6) is 0 Å². The number of unbranched alkanes of at least 4 members (excludes halogenated alkanes) is 25. The molecule has 0 aliphatic heterocycles. The van der Waals surface area contributed by atoms with Crippen LogP contribution in [0.2, 0.25) is 0 Å². The van der Waals surface area contributed by atoms with Crippen LogP contribution in [-0.2, 0) is 33.3 Å². The molecule has 2 atom stereocenters. The van der Waals surface area contributed by atoms with Crippen molar-refractivity contribution >= 4 is 17.9 Å². The Bertz CT molecular complexity index is 1860. The number of hydrogen-bond donors (Lipinski definition) is 1. The highest BCUT2D eigenvalue weighted by molar-refractivity contribution is 5.71. The van der Waals surface area contributed by atoms with Crippen LogP contribution in [0, 0.1) is 0 Å². The maximum Gasteiger partial charge on any atom is 0.361 e. The average Bonchev–Trinajstić information content (AvgIpc) is 3.48. The Hall–Kier alpha value is -4.57. The van der Waals surface area contributed by atoms with Gasteiger partial charge >= 0.3 is 17.9 Å². The zero-order chi connectivity index (χ0) is 61.9. The van der Waals surface area contributed by atoms with Crippen molar-refractivity contribution in [2.24, 2.45) is 0 Å². The van der Waals surface area contributed by atoms with Gasteiger partial charge in [-0.25, -0.2) is 4.79 Å². The monoisotopic (exact) mass is 1180 g/mol. The van der Waals surface area contributed by atoms with Gasteiger partial charge < -0.3 is 28.5 Å². The Morgan fingerprint density at radius 3 is 0.941 bits per heavy atom. The summed E-state index contributed by atoms with van der Waals surface area (Å²) < 4.78 is 23.0. The van der Waals surface area contributed by atoms with Gasteiger partial charge in [0.25, 0.3) is 6.29 Å². The van der Waals surface area contributed by atoms with Crippen molar-refractivity contribution in [3.05, 3.63) is 134 Å². The third-order valence-electron chi connectivity index (χ3n) is 14.4. The van der Waals surface area contributed by atoms with Gasteiger partial charge in [-0.15, -0.1) is 0 Å². The summed E-state index contributed by atoms with van der Waals surface area (Å²) in [5, 5.41) is 9.74. The van der Waals surface area contributed by atoms with E-state index in [1.165, 1.54) is 122 Å². The largest absolute Gasteiger partial charge is 0.477 e. The second-order valence-electron chi connectivity index (χ2n) is 23.7. The lowest BCUT2D eigenvalue weighted by Crippen LogP contribution is -2.40. The smallest absolute Gasteiger partial charge is 0.361 e. The number of carbonyl (C=O) groups is 3. The van der Waals surface area contributed by atoms with Crippen LogP contribution in [0.4, 0.5) is 0 Å². The molecular weight excluding hydrogens is 1050 g/mol. The number of carboxylic acid groups (broad SMARTS) is 1. The number of esters is 2. The number of carbonyl (C=O) groups excluding carboxylic acids is 2. The van der Waals surface area contributed by atoms with Crippen molar-refractivity contribution in [2.45, 2.75) is 283 Å². The summed E-state index contributed by atoms with van der Waals surface area (Å²) in [6.45, 7) is 4.65. The van der Waals surface area contributed by atoms with Crippen molar-refractivity contribution in [1.29, 1.82) is 0 Å². The molecule has 0 radical (unpaired) electrons. The third kappa shape index (κ3) is 66.8. The van der Waals surface area contributed by atoms with Crippen LogP contribution in [0.15, 0.2) is 134 Å². The second-order valence-corrected chi connectivity index (χ2v) is 23.7. The Kier molecular flexibility index (Phi) is 61.9. The van der Waals surface area contributed by atoms with E-state index in [1.54, 1.807) is 0 Å². The highest BCUT2D eigenvalue weighted by atomic mass is 16.7. The van der Waals surface area contributed by atoms with E-state index in [4.69, 9.17) is 18.9 Å². The summed E-state index contributed by atoms with van der Waals surface area (Å²) in [5.41, 5.74) is 0. The topological polar surface area (TPSA) is 108 Å². The molecule has 0 bridgehead atoms. The first-order chi connectivity index (χ1) is 41.6. The lowest BCUT2D eigenvalue weighted by molar-refractivity contribution is -0.870. The van der Waals surface area contributed by atoms with Gasteiger partial charge in [-0.2, -0.15) is 0 Å². The molecule has 2 unspecified atom stereocenters.